The molecule has 2 saturated heterocycles. The van der Waals surface area contributed by atoms with Gasteiger partial charge in [-0.3, -0.25) is 9.69 Å². The van der Waals surface area contributed by atoms with Gasteiger partial charge in [-0.05, 0) is 38.6 Å². The number of nitrogens with zero attached hydrogens (tertiary/aromatic N) is 2. The summed E-state index contributed by atoms with van der Waals surface area (Å²) in [5.41, 5.74) is 0. The van der Waals surface area contributed by atoms with Crippen LogP contribution in [-0.4, -0.2) is 61.1 Å². The molecule has 0 aromatic carbocycles. The van der Waals surface area contributed by atoms with Crippen molar-refractivity contribution in [3.8, 4) is 0 Å². The van der Waals surface area contributed by atoms with E-state index in [1.807, 2.05) is 6.92 Å². The molecule has 2 atom stereocenters. The highest BCUT2D eigenvalue weighted by Crippen LogP contribution is 2.30. The van der Waals surface area contributed by atoms with Gasteiger partial charge in [-0.2, -0.15) is 0 Å². The molecule has 110 valence electrons. The molecule has 19 heavy (non-hydrogen) atoms. The lowest BCUT2D eigenvalue weighted by atomic mass is 10.0. The summed E-state index contributed by atoms with van der Waals surface area (Å²) in [6.45, 7) is 6.09. The van der Waals surface area contributed by atoms with Crippen LogP contribution >= 0.6 is 0 Å². The molecule has 0 radical (unpaired) electrons. The molecular weight excluding hydrogens is 240 g/mol. The molecule has 2 rings (SSSR count). The number of carbonyl (C=O) groups excluding carboxylic acids is 1. The zero-order chi connectivity index (χ0) is 13.7. The fourth-order valence-corrected chi connectivity index (χ4v) is 3.68. The van der Waals surface area contributed by atoms with Crippen molar-refractivity contribution in [2.24, 2.45) is 0 Å². The Labute approximate surface area is 117 Å². The molecule has 0 aliphatic carbocycles. The first kappa shape index (κ1) is 14.8. The standard InChI is InChI=1S/C15H28N2O2/c1-3-15(18)17-11-5-8-14(17)13-7-4-9-16(13)10-6-12-19-2/h13-14H,3-12H2,1-2H3/t13-,14-/m1/s1. The molecule has 2 aliphatic heterocycles. The Bertz CT molecular complexity index is 296. The molecule has 4 heteroatoms. The van der Waals surface area contributed by atoms with E-state index in [4.69, 9.17) is 4.74 Å². The summed E-state index contributed by atoms with van der Waals surface area (Å²) in [7, 11) is 1.76. The highest BCUT2D eigenvalue weighted by molar-refractivity contribution is 5.76. The van der Waals surface area contributed by atoms with Crippen LogP contribution in [-0.2, 0) is 9.53 Å². The number of hydrogen-bond donors (Lipinski definition) is 0. The summed E-state index contributed by atoms with van der Waals surface area (Å²) in [6, 6.07) is 1.06. The highest BCUT2D eigenvalue weighted by atomic mass is 16.5. The van der Waals surface area contributed by atoms with E-state index in [1.165, 1.54) is 32.2 Å². The van der Waals surface area contributed by atoms with Gasteiger partial charge in [-0.25, -0.2) is 0 Å². The summed E-state index contributed by atoms with van der Waals surface area (Å²) >= 11 is 0. The van der Waals surface area contributed by atoms with Crippen molar-refractivity contribution in [2.75, 3.05) is 33.4 Å². The number of carbonyl (C=O) groups is 1. The second-order valence-corrected chi connectivity index (χ2v) is 5.74. The van der Waals surface area contributed by atoms with Gasteiger partial charge >= 0.3 is 0 Å². The lowest BCUT2D eigenvalue weighted by Crippen LogP contribution is -2.48. The van der Waals surface area contributed by atoms with Gasteiger partial charge in [0.15, 0.2) is 0 Å². The molecule has 1 amide bonds. The average Bonchev–Trinajstić information content (AvgIpc) is 3.05. The molecule has 4 nitrogen and oxygen atoms in total. The third-order valence-corrected chi connectivity index (χ3v) is 4.57. The van der Waals surface area contributed by atoms with E-state index in [0.717, 1.165) is 26.1 Å². The summed E-state index contributed by atoms with van der Waals surface area (Å²) in [6.07, 6.45) is 6.65. The van der Waals surface area contributed by atoms with Gasteiger partial charge < -0.3 is 9.64 Å². The predicted octanol–water partition coefficient (Wildman–Crippen LogP) is 1.89. The van der Waals surface area contributed by atoms with Gasteiger partial charge in [0.1, 0.15) is 0 Å². The zero-order valence-corrected chi connectivity index (χ0v) is 12.4. The quantitative estimate of drug-likeness (QED) is 0.690. The first-order valence-electron chi connectivity index (χ1n) is 7.80. The van der Waals surface area contributed by atoms with Crippen molar-refractivity contribution >= 4 is 5.91 Å². The number of methoxy groups -OCH3 is 1. The van der Waals surface area contributed by atoms with E-state index >= 15 is 0 Å². The molecule has 2 fully saturated rings. The van der Waals surface area contributed by atoms with Crippen LogP contribution in [0.4, 0.5) is 0 Å². The van der Waals surface area contributed by atoms with Gasteiger partial charge in [0.2, 0.25) is 5.91 Å². The van der Waals surface area contributed by atoms with Crippen LogP contribution in [0.1, 0.15) is 45.4 Å². The minimum atomic E-state index is 0.339. The minimum Gasteiger partial charge on any atom is -0.385 e. The Hall–Kier alpha value is -0.610. The van der Waals surface area contributed by atoms with E-state index in [2.05, 4.69) is 9.80 Å². The summed E-state index contributed by atoms with van der Waals surface area (Å²) in [5.74, 6) is 0.339. The first-order valence-corrected chi connectivity index (χ1v) is 7.80. The van der Waals surface area contributed by atoms with Crippen molar-refractivity contribution in [3.05, 3.63) is 0 Å². The number of likely N-dealkylation sites (tertiary alicyclic amines) is 2. The zero-order valence-electron chi connectivity index (χ0n) is 12.4. The number of ether oxygens (including phenoxy) is 1. The second kappa shape index (κ2) is 7.25. The summed E-state index contributed by atoms with van der Waals surface area (Å²) in [4.78, 5) is 16.8. The molecule has 2 heterocycles. The topological polar surface area (TPSA) is 32.8 Å². The largest absolute Gasteiger partial charge is 0.385 e. The van der Waals surface area contributed by atoms with Gasteiger partial charge in [-0.1, -0.05) is 6.92 Å². The van der Waals surface area contributed by atoms with Crippen molar-refractivity contribution in [3.63, 3.8) is 0 Å². The van der Waals surface area contributed by atoms with Crippen molar-refractivity contribution in [1.29, 1.82) is 0 Å². The fraction of sp³-hybridized carbons (Fsp3) is 0.933. The maximum atomic E-state index is 12.0. The Balaban J connectivity index is 1.92. The van der Waals surface area contributed by atoms with Crippen molar-refractivity contribution in [1.82, 2.24) is 9.80 Å². The van der Waals surface area contributed by atoms with Crippen LogP contribution in [0.3, 0.4) is 0 Å². The Morgan fingerprint density at radius 1 is 1.21 bits per heavy atom. The monoisotopic (exact) mass is 268 g/mol. The van der Waals surface area contributed by atoms with Gasteiger partial charge in [0.05, 0.1) is 0 Å². The molecule has 2 aliphatic rings. The van der Waals surface area contributed by atoms with Gasteiger partial charge in [0.25, 0.3) is 0 Å². The number of amides is 1. The third-order valence-electron chi connectivity index (χ3n) is 4.57. The second-order valence-electron chi connectivity index (χ2n) is 5.74. The lowest BCUT2D eigenvalue weighted by molar-refractivity contribution is -0.132. The van der Waals surface area contributed by atoms with Crippen LogP contribution in [0.25, 0.3) is 0 Å². The minimum absolute atomic E-state index is 0.339. The van der Waals surface area contributed by atoms with Crippen molar-refractivity contribution in [2.45, 2.75) is 57.5 Å². The van der Waals surface area contributed by atoms with Gasteiger partial charge in [0, 0.05) is 45.3 Å². The summed E-state index contributed by atoms with van der Waals surface area (Å²) < 4.78 is 5.15. The molecular formula is C15H28N2O2. The SMILES string of the molecule is CCC(=O)N1CCC[C@@H]1[C@H]1CCCN1CCCOC. The number of hydrogen-bond acceptors (Lipinski definition) is 3. The highest BCUT2D eigenvalue weighted by Gasteiger charge is 2.38. The smallest absolute Gasteiger partial charge is 0.222 e. The van der Waals surface area contributed by atoms with Crippen molar-refractivity contribution < 1.29 is 9.53 Å². The van der Waals surface area contributed by atoms with E-state index in [1.54, 1.807) is 7.11 Å². The molecule has 0 spiro atoms. The average molecular weight is 268 g/mol. The number of rotatable bonds is 6. The summed E-state index contributed by atoms with van der Waals surface area (Å²) in [5, 5.41) is 0. The molecule has 0 N–H and O–H groups in total. The Kier molecular flexibility index (Phi) is 5.64. The van der Waals surface area contributed by atoms with E-state index in [-0.39, 0.29) is 0 Å². The first-order chi connectivity index (χ1) is 9.27. The lowest BCUT2D eigenvalue weighted by Gasteiger charge is -2.35. The molecule has 0 aromatic rings. The van der Waals surface area contributed by atoms with E-state index in [9.17, 15) is 4.79 Å². The van der Waals surface area contributed by atoms with Gasteiger partial charge in [-0.15, -0.1) is 0 Å². The molecule has 0 saturated carbocycles. The van der Waals surface area contributed by atoms with Crippen LogP contribution in [0.15, 0.2) is 0 Å². The van der Waals surface area contributed by atoms with Crippen LogP contribution in [0.2, 0.25) is 0 Å². The Morgan fingerprint density at radius 3 is 2.68 bits per heavy atom. The maximum Gasteiger partial charge on any atom is 0.222 e. The van der Waals surface area contributed by atoms with Crippen LogP contribution in [0, 0.1) is 0 Å². The maximum absolute atomic E-state index is 12.0. The van der Waals surface area contributed by atoms with Crippen LogP contribution < -0.4 is 0 Å². The molecule has 0 bridgehead atoms. The third kappa shape index (κ3) is 3.48. The Morgan fingerprint density at radius 2 is 1.95 bits per heavy atom. The predicted molar refractivity (Wildman–Crippen MR) is 76.1 cm³/mol. The normalized spacial score (nSPS) is 28.2. The van der Waals surface area contributed by atoms with E-state index in [0.29, 0.717) is 24.4 Å². The van der Waals surface area contributed by atoms with E-state index < -0.39 is 0 Å². The fourth-order valence-electron chi connectivity index (χ4n) is 3.68. The van der Waals surface area contributed by atoms with Crippen LogP contribution in [0.5, 0.6) is 0 Å². The molecule has 0 aromatic heterocycles. The molecule has 0 unspecified atom stereocenters.